The van der Waals surface area contributed by atoms with Crippen molar-refractivity contribution in [2.75, 3.05) is 74.5 Å². The molecule has 0 saturated carbocycles. The quantitative estimate of drug-likeness (QED) is 0.327. The number of benzene rings is 2. The number of hydrogen-bond acceptors (Lipinski definition) is 9. The molecule has 2 amide bonds. The minimum Gasteiger partial charge on any atom is -0.478 e. The number of aliphatic carboxylic acids is 2. The lowest BCUT2D eigenvalue weighted by molar-refractivity contribution is -0.134. The lowest BCUT2D eigenvalue weighted by Crippen LogP contribution is -2.48. The van der Waals surface area contributed by atoms with Crippen LogP contribution >= 0.6 is 0 Å². The second-order valence-corrected chi connectivity index (χ2v) is 10.8. The first-order valence-electron chi connectivity index (χ1n) is 14.7. The summed E-state index contributed by atoms with van der Waals surface area (Å²) >= 11 is 0. The predicted octanol–water partition coefficient (Wildman–Crippen LogP) is 2.71. The number of piperazine rings is 2. The smallest absolute Gasteiger partial charge is 0.328 e. The maximum absolute atomic E-state index is 14.4. The van der Waals surface area contributed by atoms with E-state index >= 15 is 0 Å². The fourth-order valence-electron chi connectivity index (χ4n) is 5.13. The van der Waals surface area contributed by atoms with Gasteiger partial charge in [-0.05, 0) is 37.4 Å². The topological polar surface area (TPSA) is 164 Å². The van der Waals surface area contributed by atoms with Gasteiger partial charge in [-0.3, -0.25) is 14.4 Å². The predicted molar refractivity (Wildman–Crippen MR) is 170 cm³/mol. The summed E-state index contributed by atoms with van der Waals surface area (Å²) in [5, 5.41) is 18.5. The van der Waals surface area contributed by atoms with Crippen LogP contribution in [0.5, 0.6) is 0 Å². The number of anilines is 3. The maximum atomic E-state index is 14.4. The maximum Gasteiger partial charge on any atom is 0.328 e. The lowest BCUT2D eigenvalue weighted by atomic mass is 10.1. The van der Waals surface area contributed by atoms with Crippen LogP contribution in [-0.2, 0) is 14.4 Å². The molecule has 0 radical (unpaired) electrons. The Bertz CT molecular complexity index is 1660. The number of carbonyl (C=O) groups excluding carboxylic acids is 2. The molecule has 13 nitrogen and oxygen atoms in total. The summed E-state index contributed by atoms with van der Waals surface area (Å²) < 4.78 is 20.3. The number of rotatable bonds is 7. The first kappa shape index (κ1) is 33.6. The molecule has 14 heteroatoms. The lowest BCUT2D eigenvalue weighted by Gasteiger charge is -2.36. The summed E-state index contributed by atoms with van der Waals surface area (Å²) in [6.07, 6.45) is 1.63. The molecule has 244 valence electrons. The van der Waals surface area contributed by atoms with Crippen LogP contribution in [0.15, 0.2) is 63.8 Å². The highest BCUT2D eigenvalue weighted by molar-refractivity contribution is 6.03. The van der Waals surface area contributed by atoms with E-state index in [4.69, 9.17) is 14.6 Å². The molecule has 3 N–H and O–H groups in total. The summed E-state index contributed by atoms with van der Waals surface area (Å²) in [5.41, 5.74) is 1.78. The van der Waals surface area contributed by atoms with Gasteiger partial charge in [0, 0.05) is 94.4 Å². The van der Waals surface area contributed by atoms with Crippen LogP contribution in [-0.4, -0.2) is 103 Å². The molecule has 0 atom stereocenters. The van der Waals surface area contributed by atoms with Crippen LogP contribution in [0.25, 0.3) is 11.0 Å². The van der Waals surface area contributed by atoms with Crippen molar-refractivity contribution >= 4 is 51.8 Å². The third kappa shape index (κ3) is 8.69. The van der Waals surface area contributed by atoms with Crippen LogP contribution in [0.1, 0.15) is 23.9 Å². The monoisotopic (exact) mass is 637 g/mol. The summed E-state index contributed by atoms with van der Waals surface area (Å²) in [6.45, 7) is 7.65. The molecule has 2 aliphatic rings. The average molecular weight is 638 g/mol. The van der Waals surface area contributed by atoms with Crippen molar-refractivity contribution < 1.29 is 38.2 Å². The van der Waals surface area contributed by atoms with Gasteiger partial charge in [0.25, 0.3) is 5.91 Å². The van der Waals surface area contributed by atoms with Gasteiger partial charge in [0.15, 0.2) is 16.8 Å². The minimum absolute atomic E-state index is 0.112. The largest absolute Gasteiger partial charge is 0.478 e. The van der Waals surface area contributed by atoms with Crippen LogP contribution in [0, 0.1) is 5.82 Å². The number of carboxylic acids is 2. The van der Waals surface area contributed by atoms with Crippen LogP contribution < -0.4 is 20.5 Å². The Balaban J connectivity index is 0.000000533. The average Bonchev–Trinajstić information content (AvgIpc) is 3.04. The first-order chi connectivity index (χ1) is 21.9. The molecule has 2 saturated heterocycles. The van der Waals surface area contributed by atoms with Gasteiger partial charge in [-0.15, -0.1) is 0 Å². The van der Waals surface area contributed by atoms with Gasteiger partial charge in [-0.1, -0.05) is 6.92 Å². The van der Waals surface area contributed by atoms with Crippen LogP contribution in [0.4, 0.5) is 21.5 Å². The second-order valence-electron chi connectivity index (χ2n) is 10.8. The molecule has 46 heavy (non-hydrogen) atoms. The highest BCUT2D eigenvalue weighted by Crippen LogP contribution is 2.29. The zero-order chi connectivity index (χ0) is 33.4. The zero-order valence-electron chi connectivity index (χ0n) is 25.6. The molecule has 0 unspecified atom stereocenters. The molecule has 2 aliphatic heterocycles. The summed E-state index contributed by atoms with van der Waals surface area (Å²) in [6, 6.07) is 11.0. The number of likely N-dealkylation sites (N-methyl/N-ethyl adjacent to an activating group) is 1. The Labute approximate surface area is 264 Å². The van der Waals surface area contributed by atoms with E-state index in [2.05, 4.69) is 15.1 Å². The molecule has 5 rings (SSSR count). The second kappa shape index (κ2) is 15.2. The SMILES string of the molecule is CCC(=O)N1CCN(c2ccc(NC(=O)c3cc(=O)c4cc(F)cc(N5CCN(C)CC5)c4o3)cc2)CC1.O=C(O)/C=C\C(=O)O. The normalized spacial score (nSPS) is 15.4. The van der Waals surface area contributed by atoms with Crippen LogP contribution in [0.2, 0.25) is 0 Å². The highest BCUT2D eigenvalue weighted by atomic mass is 19.1. The van der Waals surface area contributed by atoms with Crippen LogP contribution in [0.3, 0.4) is 0 Å². The van der Waals surface area contributed by atoms with E-state index in [9.17, 15) is 28.4 Å². The molecule has 0 spiro atoms. The van der Waals surface area contributed by atoms with E-state index in [1.54, 1.807) is 12.1 Å². The third-order valence-corrected chi connectivity index (χ3v) is 7.64. The van der Waals surface area contributed by atoms with Crippen molar-refractivity contribution in [1.82, 2.24) is 9.80 Å². The molecule has 1 aromatic heterocycles. The van der Waals surface area contributed by atoms with Crippen molar-refractivity contribution in [2.45, 2.75) is 13.3 Å². The van der Waals surface area contributed by atoms with E-state index in [-0.39, 0.29) is 22.6 Å². The van der Waals surface area contributed by atoms with Gasteiger partial charge in [0.1, 0.15) is 5.82 Å². The number of nitrogens with one attached hydrogen (secondary N) is 1. The standard InChI is InChI=1S/C28H32FN5O4.C4H4O4/c1-3-26(36)34-14-12-32(13-15-34)21-6-4-20(5-7-21)30-28(37)25-18-24(35)22-16-19(29)17-23(27(22)38-25)33-10-8-31(2)9-11-33;5-3(6)1-2-4(7)8/h4-7,16-18H,3,8-15H2,1-2H3,(H,30,37);1-2H,(H,5,6)(H,7,8)/b;2-1-. The van der Waals surface area contributed by atoms with Crippen molar-refractivity contribution in [3.8, 4) is 0 Å². The third-order valence-electron chi connectivity index (χ3n) is 7.64. The summed E-state index contributed by atoms with van der Waals surface area (Å²) in [7, 11) is 2.02. The van der Waals surface area contributed by atoms with Gasteiger partial charge in [-0.2, -0.15) is 0 Å². The van der Waals surface area contributed by atoms with Gasteiger partial charge in [0.2, 0.25) is 5.91 Å². The van der Waals surface area contributed by atoms with Gasteiger partial charge < -0.3 is 39.5 Å². The Hall–Kier alpha value is -5.24. The minimum atomic E-state index is -1.26. The molecular weight excluding hydrogens is 601 g/mol. The van der Waals surface area contributed by atoms with Crippen molar-refractivity contribution in [3.05, 3.63) is 76.4 Å². The van der Waals surface area contributed by atoms with Gasteiger partial charge in [0.05, 0.1) is 11.1 Å². The highest BCUT2D eigenvalue weighted by Gasteiger charge is 2.23. The van der Waals surface area contributed by atoms with E-state index in [0.717, 1.165) is 44.0 Å². The van der Waals surface area contributed by atoms with Gasteiger partial charge >= 0.3 is 11.9 Å². The number of carbonyl (C=O) groups is 4. The van der Waals surface area contributed by atoms with E-state index < -0.39 is 29.1 Å². The number of nitrogens with zero attached hydrogens (tertiary/aromatic N) is 4. The first-order valence-corrected chi connectivity index (χ1v) is 14.7. The van der Waals surface area contributed by atoms with E-state index in [1.807, 2.05) is 35.9 Å². The molecule has 3 heterocycles. The van der Waals surface area contributed by atoms with E-state index in [0.29, 0.717) is 56.1 Å². The number of carboxylic acid groups (broad SMARTS) is 2. The summed E-state index contributed by atoms with van der Waals surface area (Å²) in [4.78, 5) is 65.1. The van der Waals surface area contributed by atoms with Crippen molar-refractivity contribution in [1.29, 1.82) is 0 Å². The Morgan fingerprint density at radius 1 is 0.870 bits per heavy atom. The fraction of sp³-hybridized carbons (Fsp3) is 0.344. The number of fused-ring (bicyclic) bond motifs is 1. The Kier molecular flexibility index (Phi) is 11.1. The summed E-state index contributed by atoms with van der Waals surface area (Å²) in [5.74, 6) is -3.56. The molecule has 0 bridgehead atoms. The number of halogens is 1. The molecular formula is C32H36FN5O8. The fourth-order valence-corrected chi connectivity index (χ4v) is 5.13. The van der Waals surface area contributed by atoms with Crippen molar-refractivity contribution in [2.24, 2.45) is 0 Å². The van der Waals surface area contributed by atoms with Gasteiger partial charge in [-0.25, -0.2) is 14.0 Å². The Morgan fingerprint density at radius 2 is 1.46 bits per heavy atom. The number of amides is 2. The molecule has 2 aromatic carbocycles. The molecule has 3 aromatic rings. The molecule has 0 aliphatic carbocycles. The zero-order valence-corrected chi connectivity index (χ0v) is 25.6. The van der Waals surface area contributed by atoms with Crippen molar-refractivity contribution in [3.63, 3.8) is 0 Å². The number of hydrogen-bond donors (Lipinski definition) is 3. The molecule has 2 fully saturated rings. The Morgan fingerprint density at radius 3 is 2.02 bits per heavy atom. The van der Waals surface area contributed by atoms with E-state index in [1.165, 1.54) is 6.07 Å².